The van der Waals surface area contributed by atoms with Gasteiger partial charge in [-0.15, -0.1) is 0 Å². The average molecular weight is 615 g/mol. The van der Waals surface area contributed by atoms with Crippen molar-refractivity contribution in [3.8, 4) is 34.0 Å². The topological polar surface area (TPSA) is 35.6 Å². The van der Waals surface area contributed by atoms with E-state index in [1.165, 1.54) is 49.7 Å². The van der Waals surface area contributed by atoms with Crippen molar-refractivity contribution in [3.05, 3.63) is 163 Å². The van der Waals surface area contributed by atoms with Crippen LogP contribution in [0, 0.1) is 0 Å². The highest BCUT2D eigenvalue weighted by Gasteiger charge is 2.21. The van der Waals surface area contributed by atoms with Crippen molar-refractivity contribution in [2.24, 2.45) is 0 Å². The summed E-state index contributed by atoms with van der Waals surface area (Å²) in [7, 11) is 0. The molecule has 0 radical (unpaired) electrons. The molecular formula is C44H30N4. The van der Waals surface area contributed by atoms with Gasteiger partial charge in [0.25, 0.3) is 0 Å². The third-order valence-electron chi connectivity index (χ3n) is 9.81. The molecule has 0 N–H and O–H groups in total. The summed E-state index contributed by atoms with van der Waals surface area (Å²) in [5.74, 6) is 0.676. The summed E-state index contributed by atoms with van der Waals surface area (Å²) in [4.78, 5) is 10.4. The monoisotopic (exact) mass is 614 g/mol. The summed E-state index contributed by atoms with van der Waals surface area (Å²) in [6.07, 6.45) is 6.71. The molecule has 0 fully saturated rings. The highest BCUT2D eigenvalue weighted by molar-refractivity contribution is 6.10. The second-order valence-electron chi connectivity index (χ2n) is 12.5. The van der Waals surface area contributed by atoms with Gasteiger partial charge in [-0.2, -0.15) is 0 Å². The second kappa shape index (κ2) is 10.6. The highest BCUT2D eigenvalue weighted by Crippen LogP contribution is 2.39. The molecule has 0 saturated heterocycles. The van der Waals surface area contributed by atoms with Gasteiger partial charge in [0.05, 0.1) is 27.8 Å². The van der Waals surface area contributed by atoms with Crippen LogP contribution in [0.3, 0.4) is 0 Å². The number of benzene rings is 6. The van der Waals surface area contributed by atoms with E-state index in [0.717, 1.165) is 46.0 Å². The van der Waals surface area contributed by atoms with Gasteiger partial charge in [-0.25, -0.2) is 9.97 Å². The molecular weight excluding hydrogens is 585 g/mol. The number of para-hydroxylation sites is 3. The Labute approximate surface area is 277 Å². The normalized spacial score (nSPS) is 12.8. The van der Waals surface area contributed by atoms with Crippen molar-refractivity contribution in [3.63, 3.8) is 0 Å². The molecule has 0 saturated carbocycles. The lowest BCUT2D eigenvalue weighted by Crippen LogP contribution is -2.03. The van der Waals surface area contributed by atoms with E-state index in [1.54, 1.807) is 0 Å². The van der Waals surface area contributed by atoms with E-state index in [4.69, 9.17) is 9.97 Å². The molecule has 0 amide bonds. The Bertz CT molecular complexity index is 2710. The van der Waals surface area contributed by atoms with Gasteiger partial charge in [0.2, 0.25) is 5.95 Å². The lowest BCUT2D eigenvalue weighted by Gasteiger charge is -2.12. The van der Waals surface area contributed by atoms with Crippen LogP contribution in [0.25, 0.3) is 83.7 Å². The molecule has 0 unspecified atom stereocenters. The number of fused-ring (bicyclic) bond motifs is 7. The minimum atomic E-state index is 0.676. The van der Waals surface area contributed by atoms with E-state index < -0.39 is 0 Å². The Morgan fingerprint density at radius 1 is 0.479 bits per heavy atom. The van der Waals surface area contributed by atoms with E-state index in [1.807, 2.05) is 12.1 Å². The fourth-order valence-corrected chi connectivity index (χ4v) is 7.62. The zero-order valence-electron chi connectivity index (χ0n) is 26.2. The Hall–Kier alpha value is -6.26. The molecule has 0 bridgehead atoms. The molecule has 0 atom stereocenters. The number of hydrogen-bond acceptors (Lipinski definition) is 2. The van der Waals surface area contributed by atoms with Crippen LogP contribution in [-0.2, 0) is 6.42 Å². The van der Waals surface area contributed by atoms with Crippen LogP contribution in [0.5, 0.6) is 0 Å². The van der Waals surface area contributed by atoms with Gasteiger partial charge >= 0.3 is 0 Å². The molecule has 0 aliphatic heterocycles. The number of nitrogens with zero attached hydrogens (tertiary/aromatic N) is 4. The standard InChI is InChI=1S/C44H30N4/c1-3-13-29(14-4-1)43-35-19-7-10-20-38(35)45-44(46-43)48-40-22-12-9-18-34(40)37-28-31(24-26-42(37)48)30-23-25-41-36(27-30)33-17-8-11-21-39(33)47(41)32-15-5-2-6-16-32/h1-7,9-16,18-28H,8,17H2. The molecule has 9 aromatic rings. The number of rotatable bonds is 4. The first-order chi connectivity index (χ1) is 23.8. The minimum Gasteiger partial charge on any atom is -0.310 e. The average Bonchev–Trinajstić information content (AvgIpc) is 3.67. The first kappa shape index (κ1) is 26.9. The van der Waals surface area contributed by atoms with E-state index in [-0.39, 0.29) is 0 Å². The third-order valence-corrected chi connectivity index (χ3v) is 9.81. The van der Waals surface area contributed by atoms with Gasteiger partial charge in [-0.3, -0.25) is 4.57 Å². The van der Waals surface area contributed by atoms with Crippen LogP contribution in [0.15, 0.2) is 152 Å². The lowest BCUT2D eigenvalue weighted by atomic mass is 9.97. The zero-order chi connectivity index (χ0) is 31.6. The van der Waals surface area contributed by atoms with Crippen LogP contribution in [0.4, 0.5) is 0 Å². The summed E-state index contributed by atoms with van der Waals surface area (Å²) >= 11 is 0. The Morgan fingerprint density at radius 2 is 1.12 bits per heavy atom. The van der Waals surface area contributed by atoms with Crippen LogP contribution in [0.1, 0.15) is 17.7 Å². The lowest BCUT2D eigenvalue weighted by molar-refractivity contribution is 0.967. The fourth-order valence-electron chi connectivity index (χ4n) is 7.62. The van der Waals surface area contributed by atoms with Crippen molar-refractivity contribution >= 4 is 49.7 Å². The number of allylic oxidation sites excluding steroid dienone is 1. The maximum atomic E-state index is 5.24. The van der Waals surface area contributed by atoms with Gasteiger partial charge in [-0.1, -0.05) is 103 Å². The van der Waals surface area contributed by atoms with Gasteiger partial charge in [0.1, 0.15) is 0 Å². The molecule has 4 nitrogen and oxygen atoms in total. The first-order valence-electron chi connectivity index (χ1n) is 16.6. The molecule has 226 valence electrons. The predicted octanol–water partition coefficient (Wildman–Crippen LogP) is 11.0. The Morgan fingerprint density at radius 3 is 1.94 bits per heavy atom. The van der Waals surface area contributed by atoms with Crippen LogP contribution < -0.4 is 0 Å². The van der Waals surface area contributed by atoms with Crippen molar-refractivity contribution < 1.29 is 0 Å². The van der Waals surface area contributed by atoms with Gasteiger partial charge in [0.15, 0.2) is 0 Å². The molecule has 3 heterocycles. The summed E-state index contributed by atoms with van der Waals surface area (Å²) in [5, 5.41) is 4.75. The highest BCUT2D eigenvalue weighted by atomic mass is 15.2. The molecule has 1 aliphatic rings. The number of aromatic nitrogens is 4. The van der Waals surface area contributed by atoms with Gasteiger partial charge < -0.3 is 4.57 Å². The Kier molecular flexibility index (Phi) is 5.97. The number of hydrogen-bond donors (Lipinski definition) is 0. The fraction of sp³-hybridized carbons (Fsp3) is 0.0455. The van der Waals surface area contributed by atoms with E-state index in [9.17, 15) is 0 Å². The quantitative estimate of drug-likeness (QED) is 0.198. The summed E-state index contributed by atoms with van der Waals surface area (Å²) in [6.45, 7) is 0. The van der Waals surface area contributed by atoms with E-state index >= 15 is 0 Å². The van der Waals surface area contributed by atoms with E-state index in [0.29, 0.717) is 5.95 Å². The zero-order valence-corrected chi connectivity index (χ0v) is 26.2. The van der Waals surface area contributed by atoms with Crippen LogP contribution in [-0.4, -0.2) is 19.1 Å². The number of aryl methyl sites for hydroxylation is 1. The molecule has 3 aromatic heterocycles. The minimum absolute atomic E-state index is 0.676. The molecule has 0 spiro atoms. The van der Waals surface area contributed by atoms with Crippen LogP contribution >= 0.6 is 0 Å². The Balaban J connectivity index is 1.17. The van der Waals surface area contributed by atoms with Crippen molar-refractivity contribution in [1.29, 1.82) is 0 Å². The summed E-state index contributed by atoms with van der Waals surface area (Å²) < 4.78 is 4.63. The molecule has 6 aromatic carbocycles. The largest absolute Gasteiger partial charge is 0.310 e. The van der Waals surface area contributed by atoms with Gasteiger partial charge in [-0.05, 0) is 84.1 Å². The van der Waals surface area contributed by atoms with Gasteiger partial charge in [0, 0.05) is 38.5 Å². The SMILES string of the molecule is C1=Cc2c(c3cc(-c4ccc5c(c4)c4ccccc4n5-c4nc(-c5ccccc5)c5ccccc5n4)ccc3n2-c2ccccc2)CC1. The summed E-state index contributed by atoms with van der Waals surface area (Å²) in [6, 6.07) is 51.8. The van der Waals surface area contributed by atoms with E-state index in [2.05, 4.69) is 155 Å². The maximum Gasteiger partial charge on any atom is 0.235 e. The molecule has 10 rings (SSSR count). The smallest absolute Gasteiger partial charge is 0.235 e. The molecule has 4 heteroatoms. The summed E-state index contributed by atoms with van der Waals surface area (Å²) in [5.41, 5.74) is 12.7. The third kappa shape index (κ3) is 4.09. The van der Waals surface area contributed by atoms with Crippen LogP contribution in [0.2, 0.25) is 0 Å². The van der Waals surface area contributed by atoms with Crippen molar-refractivity contribution in [2.75, 3.05) is 0 Å². The predicted molar refractivity (Wildman–Crippen MR) is 199 cm³/mol. The first-order valence-corrected chi connectivity index (χ1v) is 16.6. The second-order valence-corrected chi connectivity index (χ2v) is 12.5. The maximum absolute atomic E-state index is 5.24. The van der Waals surface area contributed by atoms with Crippen molar-refractivity contribution in [1.82, 2.24) is 19.1 Å². The van der Waals surface area contributed by atoms with Crippen molar-refractivity contribution in [2.45, 2.75) is 12.8 Å². The molecule has 48 heavy (non-hydrogen) atoms. The molecule has 1 aliphatic carbocycles.